The molecule has 2 heterocycles. The highest BCUT2D eigenvalue weighted by atomic mass is 19.3. The zero-order valence-electron chi connectivity index (χ0n) is 20.3. The van der Waals surface area contributed by atoms with Gasteiger partial charge in [0.1, 0.15) is 11.9 Å². The number of amides is 1. The fourth-order valence-electron chi connectivity index (χ4n) is 4.01. The van der Waals surface area contributed by atoms with Gasteiger partial charge in [-0.3, -0.25) is 9.59 Å². The first kappa shape index (κ1) is 25.1. The molecule has 7 nitrogen and oxygen atoms in total. The Hall–Kier alpha value is -4.01. The Kier molecular flexibility index (Phi) is 7.19. The molecule has 0 aliphatic carbocycles. The van der Waals surface area contributed by atoms with Crippen molar-refractivity contribution in [2.24, 2.45) is 0 Å². The third-order valence-electron chi connectivity index (χ3n) is 5.82. The maximum absolute atomic E-state index is 13.5. The van der Waals surface area contributed by atoms with Gasteiger partial charge in [0, 0.05) is 31.1 Å². The van der Waals surface area contributed by atoms with E-state index in [9.17, 15) is 18.4 Å². The summed E-state index contributed by atoms with van der Waals surface area (Å²) in [4.78, 5) is 24.0. The maximum atomic E-state index is 13.5. The lowest BCUT2D eigenvalue weighted by Gasteiger charge is -2.27. The highest BCUT2D eigenvalue weighted by Gasteiger charge is 2.35. The van der Waals surface area contributed by atoms with Crippen LogP contribution in [-0.4, -0.2) is 32.2 Å². The molecule has 2 aromatic heterocycles. The summed E-state index contributed by atoms with van der Waals surface area (Å²) in [6.45, 7) is 4.81. The molecule has 0 saturated carbocycles. The number of benzene rings is 2. The van der Waals surface area contributed by atoms with Gasteiger partial charge in [-0.15, -0.1) is 0 Å². The normalized spacial score (nSPS) is 13.4. The van der Waals surface area contributed by atoms with Crippen molar-refractivity contribution >= 4 is 16.8 Å². The SMILES string of the molecule is CCCn1cc(-n2ncc3cc(O[C@H](c4ccccc4)[C@H](C)NC(=O)C(C)(F)F)ccc32)ccc1=O. The van der Waals surface area contributed by atoms with Crippen LogP contribution in [0.25, 0.3) is 16.6 Å². The van der Waals surface area contributed by atoms with Crippen molar-refractivity contribution in [2.75, 3.05) is 0 Å². The van der Waals surface area contributed by atoms with Gasteiger partial charge in [-0.1, -0.05) is 37.3 Å². The number of carbonyl (C=O) groups is 1. The highest BCUT2D eigenvalue weighted by molar-refractivity contribution is 5.83. The minimum atomic E-state index is -3.50. The molecule has 9 heteroatoms. The Morgan fingerprint density at radius 2 is 1.89 bits per heavy atom. The number of pyridine rings is 1. The molecule has 2 aromatic carbocycles. The lowest BCUT2D eigenvalue weighted by atomic mass is 10.0. The fourth-order valence-corrected chi connectivity index (χ4v) is 4.01. The van der Waals surface area contributed by atoms with E-state index in [-0.39, 0.29) is 5.56 Å². The molecule has 0 fully saturated rings. The number of aromatic nitrogens is 3. The second-order valence-electron chi connectivity index (χ2n) is 8.80. The summed E-state index contributed by atoms with van der Waals surface area (Å²) >= 11 is 0. The van der Waals surface area contributed by atoms with Crippen molar-refractivity contribution < 1.29 is 18.3 Å². The minimum absolute atomic E-state index is 0.0678. The highest BCUT2D eigenvalue weighted by Crippen LogP contribution is 2.29. The number of rotatable bonds is 9. The van der Waals surface area contributed by atoms with E-state index < -0.39 is 24.0 Å². The summed E-state index contributed by atoms with van der Waals surface area (Å²) in [7, 11) is 0. The number of carbonyl (C=O) groups excluding carboxylic acids is 1. The number of nitrogens with one attached hydrogen (secondary N) is 1. The number of aryl methyl sites for hydroxylation is 1. The maximum Gasteiger partial charge on any atom is 0.321 e. The van der Waals surface area contributed by atoms with E-state index in [4.69, 9.17) is 4.74 Å². The average Bonchev–Trinajstić information content (AvgIpc) is 3.27. The molecule has 1 N–H and O–H groups in total. The lowest BCUT2D eigenvalue weighted by molar-refractivity contribution is -0.144. The summed E-state index contributed by atoms with van der Waals surface area (Å²) < 4.78 is 36.6. The summed E-state index contributed by atoms with van der Waals surface area (Å²) in [5, 5.41) is 7.64. The Bertz CT molecular complexity index is 1410. The first-order valence-electron chi connectivity index (χ1n) is 11.8. The van der Waals surface area contributed by atoms with Crippen molar-refractivity contribution in [1.29, 1.82) is 0 Å². The number of hydrogen-bond donors (Lipinski definition) is 1. The smallest absolute Gasteiger partial charge is 0.321 e. The summed E-state index contributed by atoms with van der Waals surface area (Å²) in [5.41, 5.74) is 2.23. The summed E-state index contributed by atoms with van der Waals surface area (Å²) in [6.07, 6.45) is 3.60. The van der Waals surface area contributed by atoms with Gasteiger partial charge in [0.05, 0.1) is 23.4 Å². The van der Waals surface area contributed by atoms with Gasteiger partial charge in [-0.25, -0.2) is 4.68 Å². The third kappa shape index (κ3) is 5.45. The molecule has 2 atom stereocenters. The summed E-state index contributed by atoms with van der Waals surface area (Å²) in [5.74, 6) is -4.36. The topological polar surface area (TPSA) is 78.2 Å². The van der Waals surface area contributed by atoms with Crippen LogP contribution in [0.3, 0.4) is 0 Å². The zero-order valence-corrected chi connectivity index (χ0v) is 20.3. The second-order valence-corrected chi connectivity index (χ2v) is 8.80. The molecule has 0 unspecified atom stereocenters. The Morgan fingerprint density at radius 3 is 2.58 bits per heavy atom. The van der Waals surface area contributed by atoms with Crippen LogP contribution in [0.4, 0.5) is 8.78 Å². The van der Waals surface area contributed by atoms with E-state index in [2.05, 4.69) is 10.4 Å². The minimum Gasteiger partial charge on any atom is -0.484 e. The molecule has 0 aliphatic heterocycles. The first-order valence-corrected chi connectivity index (χ1v) is 11.8. The zero-order chi connectivity index (χ0) is 25.9. The standard InChI is InChI=1S/C27H28F2N4O3/c1-4-14-32-17-21(10-13-24(32)34)33-23-12-11-22(15-20(23)16-30-33)36-25(19-8-6-5-7-9-19)18(2)31-26(35)27(3,28)29/h5-13,15-18,25H,4,14H2,1-3H3,(H,31,35)/t18-,25-/m0/s1. The van der Waals surface area contributed by atoms with Crippen molar-refractivity contribution in [3.63, 3.8) is 0 Å². The molecule has 4 aromatic rings. The first-order chi connectivity index (χ1) is 17.2. The predicted octanol–water partition coefficient (Wildman–Crippen LogP) is 4.88. The van der Waals surface area contributed by atoms with Crippen molar-refractivity contribution in [1.82, 2.24) is 19.7 Å². The van der Waals surface area contributed by atoms with E-state index in [1.54, 1.807) is 46.8 Å². The Morgan fingerprint density at radius 1 is 1.14 bits per heavy atom. The van der Waals surface area contributed by atoms with Crippen molar-refractivity contribution in [3.05, 3.63) is 89.0 Å². The Labute approximate surface area is 207 Å². The van der Waals surface area contributed by atoms with Gasteiger partial charge in [0.15, 0.2) is 0 Å². The number of fused-ring (bicyclic) bond motifs is 1. The van der Waals surface area contributed by atoms with E-state index >= 15 is 0 Å². The quantitative estimate of drug-likeness (QED) is 0.360. The molecule has 0 aliphatic rings. The molecule has 36 heavy (non-hydrogen) atoms. The van der Waals surface area contributed by atoms with Crippen LogP contribution in [-0.2, 0) is 11.3 Å². The molecular weight excluding hydrogens is 466 g/mol. The van der Waals surface area contributed by atoms with Crippen LogP contribution in [0.15, 0.2) is 77.9 Å². The van der Waals surface area contributed by atoms with Gasteiger partial charge < -0.3 is 14.6 Å². The van der Waals surface area contributed by atoms with Gasteiger partial charge >= 0.3 is 5.92 Å². The number of ether oxygens (including phenoxy) is 1. The van der Waals surface area contributed by atoms with Crippen LogP contribution in [0.1, 0.15) is 38.9 Å². The van der Waals surface area contributed by atoms with E-state index in [0.29, 0.717) is 19.2 Å². The molecule has 188 valence electrons. The molecule has 1 amide bonds. The van der Waals surface area contributed by atoms with Crippen LogP contribution in [0, 0.1) is 0 Å². The van der Waals surface area contributed by atoms with Gasteiger partial charge in [0.25, 0.3) is 11.5 Å². The molecule has 0 saturated heterocycles. The van der Waals surface area contributed by atoms with Crippen molar-refractivity contribution in [3.8, 4) is 11.4 Å². The van der Waals surface area contributed by atoms with Crippen LogP contribution >= 0.6 is 0 Å². The number of halogens is 2. The molecule has 0 bridgehead atoms. The number of alkyl halides is 2. The van der Waals surface area contributed by atoms with E-state index in [1.165, 1.54) is 6.07 Å². The monoisotopic (exact) mass is 494 g/mol. The van der Waals surface area contributed by atoms with Crippen LogP contribution in [0.2, 0.25) is 0 Å². The third-order valence-corrected chi connectivity index (χ3v) is 5.82. The second kappa shape index (κ2) is 10.3. The Balaban J connectivity index is 1.63. The number of nitrogens with zero attached hydrogens (tertiary/aromatic N) is 3. The van der Waals surface area contributed by atoms with Crippen LogP contribution in [0.5, 0.6) is 5.75 Å². The molecule has 4 rings (SSSR count). The molecular formula is C27H28F2N4O3. The molecule has 0 radical (unpaired) electrons. The van der Waals surface area contributed by atoms with Crippen molar-refractivity contribution in [2.45, 2.75) is 51.8 Å². The fraction of sp³-hybridized carbons (Fsp3) is 0.296. The lowest BCUT2D eigenvalue weighted by Crippen LogP contribution is -2.46. The van der Waals surface area contributed by atoms with E-state index in [1.807, 2.05) is 43.3 Å². The van der Waals surface area contributed by atoms with E-state index in [0.717, 1.165) is 28.6 Å². The summed E-state index contributed by atoms with van der Waals surface area (Å²) in [6, 6.07) is 17.1. The van der Waals surface area contributed by atoms with Crippen LogP contribution < -0.4 is 15.6 Å². The predicted molar refractivity (Wildman–Crippen MR) is 134 cm³/mol. The van der Waals surface area contributed by atoms with Gasteiger partial charge in [-0.2, -0.15) is 13.9 Å². The van der Waals surface area contributed by atoms with Gasteiger partial charge in [0.2, 0.25) is 0 Å². The average molecular weight is 495 g/mol. The number of hydrogen-bond acceptors (Lipinski definition) is 4. The van der Waals surface area contributed by atoms with Gasteiger partial charge in [-0.05, 0) is 43.2 Å². The largest absolute Gasteiger partial charge is 0.484 e. The molecule has 0 spiro atoms.